The van der Waals surface area contributed by atoms with Gasteiger partial charge in [0.25, 0.3) is 5.03 Å². The fourth-order valence-corrected chi connectivity index (χ4v) is 5.27. The predicted octanol–water partition coefficient (Wildman–Crippen LogP) is 2.85. The van der Waals surface area contributed by atoms with Gasteiger partial charge in [-0.1, -0.05) is 11.6 Å². The highest BCUT2D eigenvalue weighted by atomic mass is 35.5. The van der Waals surface area contributed by atoms with E-state index in [0.29, 0.717) is 27.4 Å². The Labute approximate surface area is 189 Å². The molecule has 8 nitrogen and oxygen atoms in total. The topological polar surface area (TPSA) is 118 Å². The largest absolute Gasteiger partial charge is 0.610 e. The van der Waals surface area contributed by atoms with Crippen LogP contribution in [0.5, 0.6) is 0 Å². The average molecular weight is 463 g/mol. The van der Waals surface area contributed by atoms with Crippen molar-refractivity contribution in [2.24, 2.45) is 17.5 Å². The van der Waals surface area contributed by atoms with E-state index in [1.54, 1.807) is 32.6 Å². The Kier molecular flexibility index (Phi) is 6.32. The zero-order valence-electron chi connectivity index (χ0n) is 17.9. The standard InChI is InChI=1S/C21H27ClN6O2S/c1-12(23)19(27(2)24)14-8-16-18(25-9-14)17-20(15(22)10-26-21(17)31(3)29)28(16)11-13-4-6-30-7-5-13/h8-10,13H,4-7,11,23-24H2,1-3H3/b19-12-. The van der Waals surface area contributed by atoms with Crippen LogP contribution < -0.4 is 11.6 Å². The van der Waals surface area contributed by atoms with E-state index in [0.717, 1.165) is 60.1 Å². The summed E-state index contributed by atoms with van der Waals surface area (Å²) in [5.41, 5.74) is 10.6. The van der Waals surface area contributed by atoms with Gasteiger partial charge in [0.2, 0.25) is 0 Å². The Balaban J connectivity index is 2.02. The third-order valence-electron chi connectivity index (χ3n) is 5.69. The molecule has 1 fully saturated rings. The molecule has 0 radical (unpaired) electrons. The van der Waals surface area contributed by atoms with Crippen LogP contribution in [0.1, 0.15) is 25.3 Å². The number of aromatic nitrogens is 3. The molecule has 166 valence electrons. The fraction of sp³-hybridized carbons (Fsp3) is 0.429. The second-order valence-electron chi connectivity index (χ2n) is 7.99. The molecule has 0 aromatic carbocycles. The first kappa shape index (κ1) is 22.2. The lowest BCUT2D eigenvalue weighted by molar-refractivity contribution is 0.0620. The molecule has 4 rings (SSSR count). The molecule has 1 aliphatic rings. The average Bonchev–Trinajstić information content (AvgIpc) is 3.03. The molecule has 3 aromatic heterocycles. The van der Waals surface area contributed by atoms with Crippen LogP contribution in [0, 0.1) is 5.92 Å². The maximum absolute atomic E-state index is 12.5. The van der Waals surface area contributed by atoms with Crippen LogP contribution in [0.2, 0.25) is 5.02 Å². The van der Waals surface area contributed by atoms with Gasteiger partial charge >= 0.3 is 0 Å². The SMILES string of the molecule is C/C(N)=C(\c1cnc2c3c([S+](C)[O-])ncc(Cl)c3n(CC3CCOCC3)c2c1)N(C)N. The molecule has 31 heavy (non-hydrogen) atoms. The maximum Gasteiger partial charge on any atom is 0.256 e. The molecule has 0 bridgehead atoms. The Morgan fingerprint density at radius 3 is 2.68 bits per heavy atom. The summed E-state index contributed by atoms with van der Waals surface area (Å²) < 4.78 is 20.2. The van der Waals surface area contributed by atoms with E-state index in [9.17, 15) is 4.55 Å². The molecule has 0 spiro atoms. The smallest absolute Gasteiger partial charge is 0.256 e. The number of nitrogens with zero attached hydrogens (tertiary/aromatic N) is 4. The normalized spacial score (nSPS) is 17.2. The lowest BCUT2D eigenvalue weighted by Gasteiger charge is -2.23. The molecule has 1 saturated heterocycles. The van der Waals surface area contributed by atoms with E-state index in [-0.39, 0.29) is 0 Å². The fourth-order valence-electron chi connectivity index (χ4n) is 4.34. The molecule has 1 unspecified atom stereocenters. The molecule has 0 amide bonds. The van der Waals surface area contributed by atoms with Crippen molar-refractivity contribution in [3.8, 4) is 0 Å². The molecule has 0 saturated carbocycles. The van der Waals surface area contributed by atoms with Crippen LogP contribution in [0.15, 0.2) is 29.2 Å². The number of ether oxygens (including phenoxy) is 1. The zero-order valence-corrected chi connectivity index (χ0v) is 19.5. The Hall–Kier alpha value is -2.04. The van der Waals surface area contributed by atoms with Crippen molar-refractivity contribution in [1.29, 1.82) is 0 Å². The molecule has 0 aliphatic carbocycles. The summed E-state index contributed by atoms with van der Waals surface area (Å²) in [6.07, 6.45) is 6.88. The summed E-state index contributed by atoms with van der Waals surface area (Å²) in [5.74, 6) is 6.48. The number of fused-ring (bicyclic) bond motifs is 3. The highest BCUT2D eigenvalue weighted by molar-refractivity contribution is 7.90. The molecule has 1 aliphatic heterocycles. The van der Waals surface area contributed by atoms with Crippen LogP contribution in [0.3, 0.4) is 0 Å². The quantitative estimate of drug-likeness (QED) is 0.340. The van der Waals surface area contributed by atoms with E-state index in [2.05, 4.69) is 9.55 Å². The second-order valence-corrected chi connectivity index (χ2v) is 9.69. The molecular formula is C21H27ClN6O2S. The van der Waals surface area contributed by atoms with Gasteiger partial charge in [0, 0.05) is 55.4 Å². The van der Waals surface area contributed by atoms with Gasteiger partial charge in [-0.15, -0.1) is 0 Å². The van der Waals surface area contributed by atoms with Gasteiger partial charge < -0.3 is 24.6 Å². The summed E-state index contributed by atoms with van der Waals surface area (Å²) in [6, 6.07) is 2.02. The number of nitrogens with two attached hydrogens (primary N) is 2. The second kappa shape index (κ2) is 8.84. The number of hydrazine groups is 1. The van der Waals surface area contributed by atoms with Crippen LogP contribution in [0.25, 0.3) is 27.6 Å². The van der Waals surface area contributed by atoms with Crippen molar-refractivity contribution in [3.63, 3.8) is 0 Å². The van der Waals surface area contributed by atoms with E-state index in [1.807, 2.05) is 6.07 Å². The minimum atomic E-state index is -1.29. The molecular weight excluding hydrogens is 436 g/mol. The van der Waals surface area contributed by atoms with E-state index < -0.39 is 11.2 Å². The predicted molar refractivity (Wildman–Crippen MR) is 125 cm³/mol. The molecule has 4 N–H and O–H groups in total. The third kappa shape index (κ3) is 4.08. The molecule has 1 atom stereocenters. The Morgan fingerprint density at radius 2 is 2.06 bits per heavy atom. The highest BCUT2D eigenvalue weighted by Gasteiger charge is 2.26. The van der Waals surface area contributed by atoms with Crippen LogP contribution in [-0.4, -0.2) is 50.6 Å². The first-order valence-corrected chi connectivity index (χ1v) is 12.1. The number of hydrogen-bond acceptors (Lipinski definition) is 7. The van der Waals surface area contributed by atoms with Crippen molar-refractivity contribution < 1.29 is 9.29 Å². The summed E-state index contributed by atoms with van der Waals surface area (Å²) in [5, 5.41) is 3.22. The maximum atomic E-state index is 12.5. The van der Waals surface area contributed by atoms with Crippen LogP contribution in [-0.2, 0) is 22.5 Å². The summed E-state index contributed by atoms with van der Waals surface area (Å²) >= 11 is 5.35. The van der Waals surface area contributed by atoms with Crippen molar-refractivity contribution in [2.45, 2.75) is 31.3 Å². The Morgan fingerprint density at radius 1 is 1.35 bits per heavy atom. The molecule has 4 heterocycles. The summed E-state index contributed by atoms with van der Waals surface area (Å²) in [7, 11) is 1.74. The lowest BCUT2D eigenvalue weighted by Crippen LogP contribution is -2.26. The van der Waals surface area contributed by atoms with Gasteiger partial charge in [-0.3, -0.25) is 4.98 Å². The first-order chi connectivity index (χ1) is 14.8. The minimum Gasteiger partial charge on any atom is -0.610 e. The van der Waals surface area contributed by atoms with Crippen LogP contribution in [0.4, 0.5) is 0 Å². The third-order valence-corrected chi connectivity index (χ3v) is 6.82. The number of pyridine rings is 2. The van der Waals surface area contributed by atoms with E-state index in [1.165, 1.54) is 5.01 Å². The highest BCUT2D eigenvalue weighted by Crippen LogP contribution is 2.38. The van der Waals surface area contributed by atoms with Crippen LogP contribution >= 0.6 is 11.6 Å². The number of hydrogen-bond donors (Lipinski definition) is 2. The van der Waals surface area contributed by atoms with Gasteiger partial charge in [-0.05, 0) is 31.7 Å². The van der Waals surface area contributed by atoms with Crippen molar-refractivity contribution >= 4 is 50.4 Å². The summed E-state index contributed by atoms with van der Waals surface area (Å²) in [6.45, 7) is 4.07. The zero-order chi connectivity index (χ0) is 22.3. The molecule has 3 aromatic rings. The van der Waals surface area contributed by atoms with Gasteiger partial charge in [-0.2, -0.15) is 0 Å². The van der Waals surface area contributed by atoms with Crippen molar-refractivity contribution in [1.82, 2.24) is 19.5 Å². The number of allylic oxidation sites excluding steroid dienone is 1. The molecule has 10 heteroatoms. The first-order valence-electron chi connectivity index (χ1n) is 10.1. The number of rotatable bonds is 5. The lowest BCUT2D eigenvalue weighted by atomic mass is 10.0. The van der Waals surface area contributed by atoms with Gasteiger partial charge in [0.1, 0.15) is 17.2 Å². The Bertz CT molecular complexity index is 1150. The van der Waals surface area contributed by atoms with E-state index >= 15 is 0 Å². The summed E-state index contributed by atoms with van der Waals surface area (Å²) in [4.78, 5) is 9.11. The van der Waals surface area contributed by atoms with Crippen molar-refractivity contribution in [3.05, 3.63) is 34.7 Å². The van der Waals surface area contributed by atoms with Gasteiger partial charge in [-0.25, -0.2) is 10.8 Å². The van der Waals surface area contributed by atoms with Gasteiger partial charge in [0.05, 0.1) is 27.9 Å². The number of halogens is 1. The van der Waals surface area contributed by atoms with Gasteiger partial charge in [0.15, 0.2) is 0 Å². The minimum absolute atomic E-state index is 0.444. The monoisotopic (exact) mass is 462 g/mol. The van der Waals surface area contributed by atoms with Crippen molar-refractivity contribution in [2.75, 3.05) is 26.5 Å². The van der Waals surface area contributed by atoms with E-state index in [4.69, 9.17) is 32.9 Å².